The zero-order valence-electron chi connectivity index (χ0n) is 11.3. The lowest BCUT2D eigenvalue weighted by Gasteiger charge is -2.45. The Labute approximate surface area is 108 Å². The van der Waals surface area contributed by atoms with Gasteiger partial charge in [0.05, 0.1) is 0 Å². The molecule has 1 aliphatic carbocycles. The quantitative estimate of drug-likeness (QED) is 0.759. The van der Waals surface area contributed by atoms with E-state index in [4.69, 9.17) is 0 Å². The molecule has 4 nitrogen and oxygen atoms in total. The normalized spacial score (nSPS) is 33.9. The summed E-state index contributed by atoms with van der Waals surface area (Å²) in [6.07, 6.45) is 5.00. The molecule has 2 heterocycles. The van der Waals surface area contributed by atoms with Gasteiger partial charge in [-0.2, -0.15) is 0 Å². The zero-order valence-corrected chi connectivity index (χ0v) is 11.3. The fourth-order valence-electron chi connectivity index (χ4n) is 3.58. The third kappa shape index (κ3) is 1.65. The Morgan fingerprint density at radius 1 is 1.22 bits per heavy atom. The van der Waals surface area contributed by atoms with Gasteiger partial charge in [-0.3, -0.25) is 9.59 Å². The van der Waals surface area contributed by atoms with Crippen LogP contribution in [0.3, 0.4) is 0 Å². The van der Waals surface area contributed by atoms with E-state index in [2.05, 4.69) is 6.92 Å². The molecule has 2 saturated heterocycles. The second kappa shape index (κ2) is 4.25. The Bertz CT molecular complexity index is 378. The standard InChI is InChI=1S/C14H22N2O2/c1-3-11-13(17)15-8-4-5-12(15)14(18)16(11)9(2)10-6-7-10/h9-12H,3-8H2,1-2H3. The van der Waals surface area contributed by atoms with Crippen molar-refractivity contribution in [3.8, 4) is 0 Å². The summed E-state index contributed by atoms with van der Waals surface area (Å²) in [6.45, 7) is 4.91. The van der Waals surface area contributed by atoms with Gasteiger partial charge >= 0.3 is 0 Å². The van der Waals surface area contributed by atoms with E-state index in [1.165, 1.54) is 12.8 Å². The molecule has 0 N–H and O–H groups in total. The van der Waals surface area contributed by atoms with Crippen LogP contribution in [0.1, 0.15) is 46.0 Å². The smallest absolute Gasteiger partial charge is 0.246 e. The van der Waals surface area contributed by atoms with Crippen molar-refractivity contribution in [1.82, 2.24) is 9.80 Å². The number of fused-ring (bicyclic) bond motifs is 1. The highest BCUT2D eigenvalue weighted by atomic mass is 16.2. The van der Waals surface area contributed by atoms with Gasteiger partial charge in [0.2, 0.25) is 11.8 Å². The van der Waals surface area contributed by atoms with Crippen molar-refractivity contribution in [2.45, 2.75) is 64.1 Å². The average molecular weight is 250 g/mol. The van der Waals surface area contributed by atoms with Crippen molar-refractivity contribution in [2.75, 3.05) is 6.54 Å². The molecule has 18 heavy (non-hydrogen) atoms. The first-order valence-electron chi connectivity index (χ1n) is 7.27. The van der Waals surface area contributed by atoms with Crippen molar-refractivity contribution in [2.24, 2.45) is 5.92 Å². The number of carbonyl (C=O) groups excluding carboxylic acids is 2. The molecule has 100 valence electrons. The fraction of sp³-hybridized carbons (Fsp3) is 0.857. The Hall–Kier alpha value is -1.06. The topological polar surface area (TPSA) is 40.6 Å². The molecule has 3 aliphatic rings. The van der Waals surface area contributed by atoms with Gasteiger partial charge in [0, 0.05) is 12.6 Å². The van der Waals surface area contributed by atoms with Crippen molar-refractivity contribution in [3.05, 3.63) is 0 Å². The van der Waals surface area contributed by atoms with Crippen LogP contribution in [0.5, 0.6) is 0 Å². The molecule has 3 atom stereocenters. The second-order valence-electron chi connectivity index (χ2n) is 5.94. The molecule has 0 aromatic carbocycles. The first-order chi connectivity index (χ1) is 8.65. The van der Waals surface area contributed by atoms with Crippen LogP contribution in [0.15, 0.2) is 0 Å². The maximum absolute atomic E-state index is 12.6. The molecule has 3 fully saturated rings. The highest BCUT2D eigenvalue weighted by Crippen LogP contribution is 2.39. The molecule has 0 radical (unpaired) electrons. The Morgan fingerprint density at radius 3 is 2.56 bits per heavy atom. The molecule has 1 saturated carbocycles. The van der Waals surface area contributed by atoms with Gasteiger partial charge in [-0.05, 0) is 44.9 Å². The summed E-state index contributed by atoms with van der Waals surface area (Å²) in [5.74, 6) is 1.02. The molecule has 2 amide bonds. The Morgan fingerprint density at radius 2 is 1.94 bits per heavy atom. The average Bonchev–Trinajstić information content (AvgIpc) is 3.09. The van der Waals surface area contributed by atoms with Gasteiger partial charge < -0.3 is 9.80 Å². The summed E-state index contributed by atoms with van der Waals surface area (Å²) in [6, 6.07) is -0.113. The van der Waals surface area contributed by atoms with Gasteiger partial charge in [0.25, 0.3) is 0 Å². The summed E-state index contributed by atoms with van der Waals surface area (Å²) < 4.78 is 0. The van der Waals surface area contributed by atoms with Crippen LogP contribution in [-0.2, 0) is 9.59 Å². The van der Waals surface area contributed by atoms with Crippen molar-refractivity contribution in [3.63, 3.8) is 0 Å². The predicted octanol–water partition coefficient (Wildman–Crippen LogP) is 1.40. The van der Waals surface area contributed by atoms with Crippen molar-refractivity contribution in [1.29, 1.82) is 0 Å². The minimum atomic E-state index is -0.206. The van der Waals surface area contributed by atoms with Crippen LogP contribution in [0.4, 0.5) is 0 Å². The van der Waals surface area contributed by atoms with E-state index in [1.54, 1.807) is 0 Å². The molecule has 2 aliphatic heterocycles. The van der Waals surface area contributed by atoms with Gasteiger partial charge in [-0.15, -0.1) is 0 Å². The number of nitrogens with zero attached hydrogens (tertiary/aromatic N) is 2. The number of hydrogen-bond donors (Lipinski definition) is 0. The number of rotatable bonds is 3. The molecule has 0 aromatic rings. The lowest BCUT2D eigenvalue weighted by molar-refractivity contribution is -0.162. The minimum Gasteiger partial charge on any atom is -0.329 e. The Balaban J connectivity index is 1.89. The zero-order chi connectivity index (χ0) is 12.9. The maximum Gasteiger partial charge on any atom is 0.246 e. The number of hydrogen-bond acceptors (Lipinski definition) is 2. The summed E-state index contributed by atoms with van der Waals surface area (Å²) >= 11 is 0. The maximum atomic E-state index is 12.6. The third-order valence-corrected chi connectivity index (χ3v) is 4.83. The highest BCUT2D eigenvalue weighted by Gasteiger charge is 2.50. The lowest BCUT2D eigenvalue weighted by Crippen LogP contribution is -2.64. The van der Waals surface area contributed by atoms with Gasteiger partial charge in [-0.1, -0.05) is 6.92 Å². The van der Waals surface area contributed by atoms with Crippen LogP contribution in [-0.4, -0.2) is 46.3 Å². The summed E-state index contributed by atoms with van der Waals surface area (Å²) in [5, 5.41) is 0. The van der Waals surface area contributed by atoms with E-state index >= 15 is 0 Å². The van der Waals surface area contributed by atoms with Gasteiger partial charge in [-0.25, -0.2) is 0 Å². The van der Waals surface area contributed by atoms with Crippen LogP contribution in [0, 0.1) is 5.92 Å². The van der Waals surface area contributed by atoms with E-state index in [9.17, 15) is 9.59 Å². The molecular weight excluding hydrogens is 228 g/mol. The van der Waals surface area contributed by atoms with Crippen molar-refractivity contribution >= 4 is 11.8 Å². The van der Waals surface area contributed by atoms with Gasteiger partial charge in [0.1, 0.15) is 12.1 Å². The third-order valence-electron chi connectivity index (χ3n) is 4.83. The Kier molecular flexibility index (Phi) is 2.83. The van der Waals surface area contributed by atoms with Crippen molar-refractivity contribution < 1.29 is 9.59 Å². The monoisotopic (exact) mass is 250 g/mol. The molecular formula is C14H22N2O2. The molecule has 0 bridgehead atoms. The number of amides is 2. The highest BCUT2D eigenvalue weighted by molar-refractivity contribution is 5.97. The second-order valence-corrected chi connectivity index (χ2v) is 5.94. The molecule has 3 rings (SSSR count). The van der Waals surface area contributed by atoms with E-state index < -0.39 is 0 Å². The number of carbonyl (C=O) groups is 2. The van der Waals surface area contributed by atoms with E-state index in [0.717, 1.165) is 25.8 Å². The molecule has 3 unspecified atom stereocenters. The van der Waals surface area contributed by atoms with E-state index in [0.29, 0.717) is 5.92 Å². The van der Waals surface area contributed by atoms with E-state index in [1.807, 2.05) is 16.7 Å². The van der Waals surface area contributed by atoms with Crippen LogP contribution in [0.25, 0.3) is 0 Å². The number of piperazine rings is 1. The minimum absolute atomic E-state index is 0.151. The molecule has 4 heteroatoms. The SMILES string of the molecule is CCC1C(=O)N2CCCC2C(=O)N1C(C)C1CC1. The van der Waals surface area contributed by atoms with Gasteiger partial charge in [0.15, 0.2) is 0 Å². The first-order valence-corrected chi connectivity index (χ1v) is 7.27. The summed E-state index contributed by atoms with van der Waals surface area (Å²) in [5.41, 5.74) is 0. The van der Waals surface area contributed by atoms with E-state index in [-0.39, 0.29) is 29.9 Å². The first kappa shape index (κ1) is 12.0. The molecule has 0 spiro atoms. The van der Waals surface area contributed by atoms with Crippen LogP contribution in [0.2, 0.25) is 0 Å². The summed E-state index contributed by atoms with van der Waals surface area (Å²) in [7, 11) is 0. The van der Waals surface area contributed by atoms with Crippen LogP contribution < -0.4 is 0 Å². The van der Waals surface area contributed by atoms with Crippen LogP contribution >= 0.6 is 0 Å². The predicted molar refractivity (Wildman–Crippen MR) is 67.8 cm³/mol. The lowest BCUT2D eigenvalue weighted by atomic mass is 9.99. The fourth-order valence-corrected chi connectivity index (χ4v) is 3.58. The molecule has 0 aromatic heterocycles. The largest absolute Gasteiger partial charge is 0.329 e. The summed E-state index contributed by atoms with van der Waals surface area (Å²) in [4.78, 5) is 28.9.